The second-order valence-electron chi connectivity index (χ2n) is 5.04. The molecule has 1 rings (SSSR count). The molecule has 0 radical (unpaired) electrons. The summed E-state index contributed by atoms with van der Waals surface area (Å²) in [6, 6.07) is 4.98. The highest BCUT2D eigenvalue weighted by Crippen LogP contribution is 2.30. The smallest absolute Gasteiger partial charge is 0.390 e. The average molecular weight is 260 g/mol. The number of rotatable bonds is 4. The van der Waals surface area contributed by atoms with Gasteiger partial charge in [0, 0.05) is 6.42 Å². The molecule has 102 valence electrons. The van der Waals surface area contributed by atoms with E-state index in [0.717, 1.165) is 18.6 Å². The molecule has 0 fully saturated rings. The molecule has 1 N–H and O–H groups in total. The molecule has 0 aliphatic rings. The first-order valence-corrected chi connectivity index (χ1v) is 6.05. The fraction of sp³-hybridized carbons (Fsp3) is 0.571. The maximum Gasteiger partial charge on any atom is 0.416 e. The summed E-state index contributed by atoms with van der Waals surface area (Å²) >= 11 is 0. The van der Waals surface area contributed by atoms with Gasteiger partial charge in [0.15, 0.2) is 0 Å². The number of hydrogen-bond acceptors (Lipinski definition) is 1. The predicted octanol–water partition coefficient (Wildman–Crippen LogP) is 4.05. The van der Waals surface area contributed by atoms with Crippen LogP contribution < -0.4 is 0 Å². The van der Waals surface area contributed by atoms with Gasteiger partial charge in [-0.15, -0.1) is 0 Å². The van der Waals surface area contributed by atoms with Crippen molar-refractivity contribution in [3.8, 4) is 0 Å². The average Bonchev–Trinajstić information content (AvgIpc) is 2.26. The van der Waals surface area contributed by atoms with Gasteiger partial charge < -0.3 is 5.11 Å². The Bertz CT molecular complexity index is 379. The first-order chi connectivity index (χ1) is 8.16. The molecular formula is C14H19F3O. The van der Waals surface area contributed by atoms with Crippen LogP contribution in [-0.4, -0.2) is 10.7 Å². The van der Waals surface area contributed by atoms with E-state index >= 15 is 0 Å². The molecule has 2 unspecified atom stereocenters. The molecule has 4 heteroatoms. The topological polar surface area (TPSA) is 20.2 Å². The van der Waals surface area contributed by atoms with E-state index < -0.39 is 17.3 Å². The SMILES string of the molecule is CCC(C)C(C)(O)Cc1ccc(C(F)(F)F)cc1. The fourth-order valence-corrected chi connectivity index (χ4v) is 1.84. The Morgan fingerprint density at radius 1 is 1.17 bits per heavy atom. The summed E-state index contributed by atoms with van der Waals surface area (Å²) in [4.78, 5) is 0. The summed E-state index contributed by atoms with van der Waals surface area (Å²) in [5, 5.41) is 10.2. The summed E-state index contributed by atoms with van der Waals surface area (Å²) in [5.74, 6) is 0.0970. The van der Waals surface area contributed by atoms with Crippen LogP contribution in [0.1, 0.15) is 38.3 Å². The van der Waals surface area contributed by atoms with Crippen molar-refractivity contribution in [3.63, 3.8) is 0 Å². The van der Waals surface area contributed by atoms with E-state index in [1.165, 1.54) is 12.1 Å². The Morgan fingerprint density at radius 2 is 1.67 bits per heavy atom. The van der Waals surface area contributed by atoms with Crippen molar-refractivity contribution in [3.05, 3.63) is 35.4 Å². The summed E-state index contributed by atoms with van der Waals surface area (Å²) in [6.07, 6.45) is -3.12. The zero-order valence-corrected chi connectivity index (χ0v) is 10.9. The Morgan fingerprint density at radius 3 is 2.06 bits per heavy atom. The van der Waals surface area contributed by atoms with Crippen LogP contribution in [0.25, 0.3) is 0 Å². The minimum Gasteiger partial charge on any atom is -0.390 e. The van der Waals surface area contributed by atoms with Crippen LogP contribution in [-0.2, 0) is 12.6 Å². The maximum atomic E-state index is 12.4. The minimum absolute atomic E-state index is 0.0970. The lowest BCUT2D eigenvalue weighted by Crippen LogP contribution is -2.34. The van der Waals surface area contributed by atoms with E-state index in [-0.39, 0.29) is 5.92 Å². The summed E-state index contributed by atoms with van der Waals surface area (Å²) in [7, 11) is 0. The van der Waals surface area contributed by atoms with Crippen molar-refractivity contribution < 1.29 is 18.3 Å². The van der Waals surface area contributed by atoms with Gasteiger partial charge in [-0.05, 0) is 30.5 Å². The molecule has 0 bridgehead atoms. The van der Waals surface area contributed by atoms with Crippen molar-refractivity contribution in [1.29, 1.82) is 0 Å². The molecule has 1 nitrogen and oxygen atoms in total. The quantitative estimate of drug-likeness (QED) is 0.866. The van der Waals surface area contributed by atoms with Crippen LogP contribution in [0, 0.1) is 5.92 Å². The van der Waals surface area contributed by atoms with E-state index in [4.69, 9.17) is 0 Å². The van der Waals surface area contributed by atoms with Gasteiger partial charge in [0.25, 0.3) is 0 Å². The van der Waals surface area contributed by atoms with E-state index in [1.807, 2.05) is 13.8 Å². The fourth-order valence-electron chi connectivity index (χ4n) is 1.84. The number of benzene rings is 1. The van der Waals surface area contributed by atoms with Gasteiger partial charge in [-0.2, -0.15) is 13.2 Å². The van der Waals surface area contributed by atoms with Gasteiger partial charge >= 0.3 is 6.18 Å². The third-order valence-electron chi connectivity index (χ3n) is 3.52. The van der Waals surface area contributed by atoms with Crippen molar-refractivity contribution in [2.24, 2.45) is 5.92 Å². The first-order valence-electron chi connectivity index (χ1n) is 6.05. The first kappa shape index (κ1) is 15.0. The van der Waals surface area contributed by atoms with E-state index in [0.29, 0.717) is 12.0 Å². The van der Waals surface area contributed by atoms with Gasteiger partial charge in [-0.3, -0.25) is 0 Å². The standard InChI is InChI=1S/C14H19F3O/c1-4-10(2)13(3,18)9-11-5-7-12(8-6-11)14(15,16)17/h5-8,10,18H,4,9H2,1-3H3. The highest BCUT2D eigenvalue weighted by Gasteiger charge is 2.31. The van der Waals surface area contributed by atoms with Crippen molar-refractivity contribution in [2.75, 3.05) is 0 Å². The van der Waals surface area contributed by atoms with Gasteiger partial charge in [0.05, 0.1) is 11.2 Å². The van der Waals surface area contributed by atoms with E-state index in [1.54, 1.807) is 6.92 Å². The number of halogens is 3. The second kappa shape index (κ2) is 5.31. The molecule has 1 aromatic carbocycles. The molecule has 0 amide bonds. The lowest BCUT2D eigenvalue weighted by molar-refractivity contribution is -0.137. The Hall–Kier alpha value is -1.03. The Labute approximate surface area is 106 Å². The van der Waals surface area contributed by atoms with Crippen molar-refractivity contribution >= 4 is 0 Å². The number of aliphatic hydroxyl groups is 1. The zero-order chi connectivity index (χ0) is 14.0. The predicted molar refractivity (Wildman–Crippen MR) is 65.2 cm³/mol. The summed E-state index contributed by atoms with van der Waals surface area (Å²) in [6.45, 7) is 5.63. The van der Waals surface area contributed by atoms with Crippen molar-refractivity contribution in [2.45, 2.75) is 45.4 Å². The maximum absolute atomic E-state index is 12.4. The number of alkyl halides is 3. The van der Waals surface area contributed by atoms with Crippen LogP contribution in [0.4, 0.5) is 13.2 Å². The van der Waals surface area contributed by atoms with E-state index in [9.17, 15) is 18.3 Å². The second-order valence-corrected chi connectivity index (χ2v) is 5.04. The molecule has 0 aromatic heterocycles. The molecule has 0 spiro atoms. The molecule has 0 saturated carbocycles. The van der Waals surface area contributed by atoms with Crippen LogP contribution in [0.5, 0.6) is 0 Å². The molecule has 1 aromatic rings. The highest BCUT2D eigenvalue weighted by atomic mass is 19.4. The van der Waals surface area contributed by atoms with Crippen LogP contribution >= 0.6 is 0 Å². The molecule has 18 heavy (non-hydrogen) atoms. The minimum atomic E-state index is -4.31. The lowest BCUT2D eigenvalue weighted by atomic mass is 9.83. The Balaban J connectivity index is 2.81. The van der Waals surface area contributed by atoms with Gasteiger partial charge in [-0.25, -0.2) is 0 Å². The molecule has 0 saturated heterocycles. The zero-order valence-electron chi connectivity index (χ0n) is 10.9. The lowest BCUT2D eigenvalue weighted by Gasteiger charge is -2.29. The van der Waals surface area contributed by atoms with E-state index in [2.05, 4.69) is 0 Å². The summed E-state index contributed by atoms with van der Waals surface area (Å²) in [5.41, 5.74) is -0.836. The highest BCUT2D eigenvalue weighted by molar-refractivity contribution is 5.25. The normalized spacial score (nSPS) is 17.3. The third-order valence-corrected chi connectivity index (χ3v) is 3.52. The monoisotopic (exact) mass is 260 g/mol. The number of hydrogen-bond donors (Lipinski definition) is 1. The molecule has 2 atom stereocenters. The summed E-state index contributed by atoms with van der Waals surface area (Å²) < 4.78 is 37.2. The Kier molecular flexibility index (Phi) is 4.43. The van der Waals surface area contributed by atoms with Crippen LogP contribution in [0.3, 0.4) is 0 Å². The molecule has 0 aliphatic carbocycles. The van der Waals surface area contributed by atoms with Crippen molar-refractivity contribution in [1.82, 2.24) is 0 Å². The van der Waals surface area contributed by atoms with Gasteiger partial charge in [0.1, 0.15) is 0 Å². The van der Waals surface area contributed by atoms with Crippen LogP contribution in [0.15, 0.2) is 24.3 Å². The molecular weight excluding hydrogens is 241 g/mol. The van der Waals surface area contributed by atoms with Crippen LogP contribution in [0.2, 0.25) is 0 Å². The molecule has 0 heterocycles. The molecule has 0 aliphatic heterocycles. The van der Waals surface area contributed by atoms with Gasteiger partial charge in [-0.1, -0.05) is 32.4 Å². The third kappa shape index (κ3) is 3.73. The van der Waals surface area contributed by atoms with Gasteiger partial charge in [0.2, 0.25) is 0 Å². The largest absolute Gasteiger partial charge is 0.416 e.